The third-order valence-corrected chi connectivity index (χ3v) is 2.29. The molecule has 1 aromatic rings. The molecule has 0 bridgehead atoms. The Balaban J connectivity index is 2.74. The molecule has 13 heavy (non-hydrogen) atoms. The molecule has 0 fully saturated rings. The fourth-order valence-corrected chi connectivity index (χ4v) is 1.52. The molecule has 0 amide bonds. The molecule has 0 spiro atoms. The van der Waals surface area contributed by atoms with Crippen LogP contribution in [-0.2, 0) is 6.42 Å². The molecular weight excluding hydrogens is 162 g/mol. The molecule has 0 aliphatic rings. The van der Waals surface area contributed by atoms with Crippen molar-refractivity contribution in [3.63, 3.8) is 0 Å². The van der Waals surface area contributed by atoms with Gasteiger partial charge in [-0.25, -0.2) is 0 Å². The minimum atomic E-state index is 0.451. The molecule has 2 N–H and O–H groups in total. The highest BCUT2D eigenvalue weighted by Crippen LogP contribution is 2.13. The quantitative estimate of drug-likeness (QED) is 0.767. The maximum absolute atomic E-state index is 5.47. The van der Waals surface area contributed by atoms with Crippen molar-refractivity contribution >= 4 is 0 Å². The normalized spacial score (nSPS) is 11.2. The first kappa shape index (κ1) is 10.3. The predicted molar refractivity (Wildman–Crippen MR) is 54.7 cm³/mol. The SMILES string of the molecule is Cc1c(CCCN)cnn1C(C)C. The smallest absolute Gasteiger partial charge is 0.0524 e. The first-order valence-electron chi connectivity index (χ1n) is 4.90. The number of hydrogen-bond acceptors (Lipinski definition) is 2. The van der Waals surface area contributed by atoms with E-state index in [0.717, 1.165) is 19.4 Å². The van der Waals surface area contributed by atoms with Crippen LogP contribution in [0.15, 0.2) is 6.20 Å². The Bertz CT molecular complexity index is 263. The van der Waals surface area contributed by atoms with Crippen LogP contribution in [0.4, 0.5) is 0 Å². The minimum absolute atomic E-state index is 0.451. The van der Waals surface area contributed by atoms with E-state index in [9.17, 15) is 0 Å². The Hall–Kier alpha value is -0.830. The van der Waals surface area contributed by atoms with E-state index in [0.29, 0.717) is 6.04 Å². The summed E-state index contributed by atoms with van der Waals surface area (Å²) < 4.78 is 2.06. The van der Waals surface area contributed by atoms with Gasteiger partial charge in [0.25, 0.3) is 0 Å². The second-order valence-electron chi connectivity index (χ2n) is 3.69. The van der Waals surface area contributed by atoms with Crippen molar-refractivity contribution in [2.24, 2.45) is 5.73 Å². The van der Waals surface area contributed by atoms with Crippen molar-refractivity contribution in [3.05, 3.63) is 17.5 Å². The van der Waals surface area contributed by atoms with Gasteiger partial charge in [-0.1, -0.05) is 0 Å². The fourth-order valence-electron chi connectivity index (χ4n) is 1.52. The molecule has 1 rings (SSSR count). The van der Waals surface area contributed by atoms with E-state index in [4.69, 9.17) is 5.73 Å². The first-order chi connectivity index (χ1) is 6.16. The molecule has 3 nitrogen and oxygen atoms in total. The van der Waals surface area contributed by atoms with E-state index in [1.807, 2.05) is 6.20 Å². The highest BCUT2D eigenvalue weighted by Gasteiger charge is 2.07. The topological polar surface area (TPSA) is 43.8 Å². The van der Waals surface area contributed by atoms with Crippen molar-refractivity contribution in [1.29, 1.82) is 0 Å². The van der Waals surface area contributed by atoms with Crippen LogP contribution >= 0.6 is 0 Å². The summed E-state index contributed by atoms with van der Waals surface area (Å²) in [6, 6.07) is 0.451. The van der Waals surface area contributed by atoms with Crippen molar-refractivity contribution in [2.45, 2.75) is 39.7 Å². The van der Waals surface area contributed by atoms with Crippen molar-refractivity contribution in [3.8, 4) is 0 Å². The van der Waals surface area contributed by atoms with Crippen LogP contribution in [0.3, 0.4) is 0 Å². The van der Waals surface area contributed by atoms with Crippen LogP contribution in [0, 0.1) is 6.92 Å². The van der Waals surface area contributed by atoms with E-state index >= 15 is 0 Å². The standard InChI is InChI=1S/C10H19N3/c1-8(2)13-9(3)10(7-12-13)5-4-6-11/h7-8H,4-6,11H2,1-3H3. The number of nitrogens with zero attached hydrogens (tertiary/aromatic N) is 2. The maximum atomic E-state index is 5.47. The molecule has 3 heteroatoms. The Kier molecular flexibility index (Phi) is 3.48. The van der Waals surface area contributed by atoms with Gasteiger partial charge in [0.2, 0.25) is 0 Å². The lowest BCUT2D eigenvalue weighted by Crippen LogP contribution is -2.05. The predicted octanol–water partition coefficient (Wildman–Crippen LogP) is 1.66. The molecule has 0 aromatic carbocycles. The molecule has 1 aromatic heterocycles. The van der Waals surface area contributed by atoms with Gasteiger partial charge in [-0.15, -0.1) is 0 Å². The van der Waals surface area contributed by atoms with Gasteiger partial charge in [-0.05, 0) is 45.7 Å². The molecule has 0 radical (unpaired) electrons. The largest absolute Gasteiger partial charge is 0.330 e. The van der Waals surface area contributed by atoms with Gasteiger partial charge in [0, 0.05) is 11.7 Å². The highest BCUT2D eigenvalue weighted by atomic mass is 15.3. The average molecular weight is 181 g/mol. The summed E-state index contributed by atoms with van der Waals surface area (Å²) in [5, 5.41) is 4.34. The third kappa shape index (κ3) is 2.31. The number of rotatable bonds is 4. The van der Waals surface area contributed by atoms with Crippen LogP contribution in [0.2, 0.25) is 0 Å². The lowest BCUT2D eigenvalue weighted by molar-refractivity contribution is 0.518. The van der Waals surface area contributed by atoms with E-state index in [1.165, 1.54) is 11.3 Å². The Morgan fingerprint density at radius 1 is 1.54 bits per heavy atom. The Morgan fingerprint density at radius 3 is 2.69 bits per heavy atom. The van der Waals surface area contributed by atoms with E-state index in [-0.39, 0.29) is 0 Å². The van der Waals surface area contributed by atoms with Crippen LogP contribution in [0.1, 0.15) is 37.6 Å². The minimum Gasteiger partial charge on any atom is -0.330 e. The molecule has 74 valence electrons. The summed E-state index contributed by atoms with van der Waals surface area (Å²) in [4.78, 5) is 0. The highest BCUT2D eigenvalue weighted by molar-refractivity contribution is 5.16. The van der Waals surface area contributed by atoms with Gasteiger partial charge < -0.3 is 5.73 Å². The van der Waals surface area contributed by atoms with Gasteiger partial charge >= 0.3 is 0 Å². The third-order valence-electron chi connectivity index (χ3n) is 2.29. The number of aryl methyl sites for hydroxylation is 1. The second-order valence-corrected chi connectivity index (χ2v) is 3.69. The zero-order valence-electron chi connectivity index (χ0n) is 8.75. The molecule has 0 aliphatic carbocycles. The van der Waals surface area contributed by atoms with Crippen LogP contribution < -0.4 is 5.73 Å². The van der Waals surface area contributed by atoms with Gasteiger partial charge in [0.05, 0.1) is 6.20 Å². The molecule has 0 saturated carbocycles. The van der Waals surface area contributed by atoms with Crippen molar-refractivity contribution in [1.82, 2.24) is 9.78 Å². The van der Waals surface area contributed by atoms with E-state index in [2.05, 4.69) is 30.6 Å². The van der Waals surface area contributed by atoms with Gasteiger partial charge in [-0.2, -0.15) is 5.10 Å². The number of hydrogen-bond donors (Lipinski definition) is 1. The summed E-state index contributed by atoms with van der Waals surface area (Å²) >= 11 is 0. The summed E-state index contributed by atoms with van der Waals surface area (Å²) in [6.45, 7) is 7.17. The van der Waals surface area contributed by atoms with Crippen molar-refractivity contribution in [2.75, 3.05) is 6.54 Å². The van der Waals surface area contributed by atoms with Crippen LogP contribution in [-0.4, -0.2) is 16.3 Å². The van der Waals surface area contributed by atoms with Crippen LogP contribution in [0.5, 0.6) is 0 Å². The molecule has 0 saturated heterocycles. The lowest BCUT2D eigenvalue weighted by Gasteiger charge is -2.08. The van der Waals surface area contributed by atoms with Gasteiger partial charge in [0.15, 0.2) is 0 Å². The number of nitrogens with two attached hydrogens (primary N) is 1. The van der Waals surface area contributed by atoms with Gasteiger partial charge in [-0.3, -0.25) is 4.68 Å². The monoisotopic (exact) mass is 181 g/mol. The summed E-state index contributed by atoms with van der Waals surface area (Å²) in [5.41, 5.74) is 8.08. The molecular formula is C10H19N3. The average Bonchev–Trinajstić information content (AvgIpc) is 2.43. The zero-order valence-corrected chi connectivity index (χ0v) is 8.75. The molecule has 0 atom stereocenters. The number of aromatic nitrogens is 2. The summed E-state index contributed by atoms with van der Waals surface area (Å²) in [6.07, 6.45) is 4.06. The van der Waals surface area contributed by atoms with Crippen molar-refractivity contribution < 1.29 is 0 Å². The lowest BCUT2D eigenvalue weighted by atomic mass is 10.1. The fraction of sp³-hybridized carbons (Fsp3) is 0.700. The van der Waals surface area contributed by atoms with E-state index < -0.39 is 0 Å². The molecule has 0 unspecified atom stereocenters. The molecule has 0 aliphatic heterocycles. The zero-order chi connectivity index (χ0) is 9.84. The maximum Gasteiger partial charge on any atom is 0.0524 e. The van der Waals surface area contributed by atoms with Gasteiger partial charge in [0.1, 0.15) is 0 Å². The second kappa shape index (κ2) is 4.42. The Labute approximate surface area is 79.9 Å². The van der Waals surface area contributed by atoms with Crippen LogP contribution in [0.25, 0.3) is 0 Å². The summed E-state index contributed by atoms with van der Waals surface area (Å²) in [7, 11) is 0. The summed E-state index contributed by atoms with van der Waals surface area (Å²) in [5.74, 6) is 0. The Morgan fingerprint density at radius 2 is 2.23 bits per heavy atom. The first-order valence-corrected chi connectivity index (χ1v) is 4.90. The molecule has 1 heterocycles. The van der Waals surface area contributed by atoms with E-state index in [1.54, 1.807) is 0 Å².